The Morgan fingerprint density at radius 1 is 1.26 bits per heavy atom. The summed E-state index contributed by atoms with van der Waals surface area (Å²) in [6, 6.07) is 0. The summed E-state index contributed by atoms with van der Waals surface area (Å²) in [4.78, 5) is 5.49. The summed E-state index contributed by atoms with van der Waals surface area (Å²) in [5.41, 5.74) is 0.986. The molecular formula is C14H18F3N5S. The van der Waals surface area contributed by atoms with Crippen LogP contribution in [0.5, 0.6) is 0 Å². The molecule has 0 saturated heterocycles. The van der Waals surface area contributed by atoms with E-state index in [1.165, 1.54) is 0 Å². The van der Waals surface area contributed by atoms with Crippen LogP contribution in [0.15, 0.2) is 0 Å². The lowest BCUT2D eigenvalue weighted by molar-refractivity contribution is -0.182. The molecule has 0 unspecified atom stereocenters. The van der Waals surface area contributed by atoms with Gasteiger partial charge >= 0.3 is 6.18 Å². The van der Waals surface area contributed by atoms with Gasteiger partial charge in [0.05, 0.1) is 23.2 Å². The zero-order valence-corrected chi connectivity index (χ0v) is 13.8. The molecule has 126 valence electrons. The zero-order chi connectivity index (χ0) is 16.6. The monoisotopic (exact) mass is 345 g/mol. The molecule has 0 amide bonds. The normalized spacial score (nSPS) is 18.2. The molecule has 3 heterocycles. The number of aromatic nitrogens is 4. The van der Waals surface area contributed by atoms with Crippen LogP contribution in [-0.4, -0.2) is 25.9 Å². The molecule has 1 aliphatic heterocycles. The average molecular weight is 345 g/mol. The minimum atomic E-state index is -4.16. The molecule has 0 bridgehead atoms. The van der Waals surface area contributed by atoms with Crippen molar-refractivity contribution in [1.29, 1.82) is 0 Å². The molecule has 5 nitrogen and oxygen atoms in total. The van der Waals surface area contributed by atoms with E-state index in [0.29, 0.717) is 31.2 Å². The number of nitrogens with one attached hydrogen (secondary N) is 1. The topological polar surface area (TPSA) is 55.6 Å². The van der Waals surface area contributed by atoms with Crippen LogP contribution < -0.4 is 5.32 Å². The Labute approximate surface area is 136 Å². The molecule has 1 aliphatic rings. The van der Waals surface area contributed by atoms with E-state index in [4.69, 9.17) is 0 Å². The van der Waals surface area contributed by atoms with Crippen LogP contribution in [0.2, 0.25) is 0 Å². The summed E-state index contributed by atoms with van der Waals surface area (Å²) in [6.07, 6.45) is -3.75. The minimum absolute atomic E-state index is 0.0818. The highest BCUT2D eigenvalue weighted by atomic mass is 32.1. The van der Waals surface area contributed by atoms with Gasteiger partial charge in [-0.05, 0) is 20.3 Å². The van der Waals surface area contributed by atoms with Crippen molar-refractivity contribution in [2.75, 3.05) is 0 Å². The maximum atomic E-state index is 12.9. The fraction of sp³-hybridized carbons (Fsp3) is 0.643. The lowest BCUT2D eigenvalue weighted by Gasteiger charge is -2.26. The van der Waals surface area contributed by atoms with E-state index < -0.39 is 12.1 Å². The quantitative estimate of drug-likeness (QED) is 0.926. The van der Waals surface area contributed by atoms with E-state index in [2.05, 4.69) is 20.5 Å². The Kier molecular flexibility index (Phi) is 4.41. The van der Waals surface area contributed by atoms with Gasteiger partial charge in [0.25, 0.3) is 0 Å². The molecule has 0 aliphatic carbocycles. The molecule has 3 rings (SSSR count). The molecule has 1 N–H and O–H groups in total. The summed E-state index contributed by atoms with van der Waals surface area (Å²) in [6.45, 7) is 4.85. The van der Waals surface area contributed by atoms with E-state index in [1.807, 2.05) is 13.8 Å². The number of thiazole rings is 1. The van der Waals surface area contributed by atoms with E-state index in [-0.39, 0.29) is 13.0 Å². The number of fused-ring (bicyclic) bond motifs is 1. The molecule has 0 spiro atoms. The van der Waals surface area contributed by atoms with Crippen molar-refractivity contribution in [3.05, 3.63) is 27.2 Å². The minimum Gasteiger partial charge on any atom is -0.313 e. The first-order valence-electron chi connectivity index (χ1n) is 7.46. The number of nitrogens with zero attached hydrogens (tertiary/aromatic N) is 4. The van der Waals surface area contributed by atoms with Gasteiger partial charge in [0, 0.05) is 24.4 Å². The van der Waals surface area contributed by atoms with Crippen LogP contribution >= 0.6 is 11.3 Å². The zero-order valence-electron chi connectivity index (χ0n) is 12.9. The van der Waals surface area contributed by atoms with Gasteiger partial charge in [0.1, 0.15) is 11.6 Å². The molecule has 2 aromatic heterocycles. The summed E-state index contributed by atoms with van der Waals surface area (Å²) in [5.74, 6) is -0.101. The van der Waals surface area contributed by atoms with Crippen molar-refractivity contribution in [3.8, 4) is 0 Å². The van der Waals surface area contributed by atoms with Crippen molar-refractivity contribution in [2.24, 2.45) is 5.92 Å². The first-order valence-corrected chi connectivity index (χ1v) is 8.27. The van der Waals surface area contributed by atoms with Gasteiger partial charge in [-0.15, -0.1) is 21.5 Å². The number of halogens is 3. The standard InChI is InChI=1S/C14H18F3N5S/c1-8-11(23-9(2)19-8)5-18-6-13-21-20-12-4-3-10(7-22(12)13)14(15,16)17/h10,18H,3-7H2,1-2H3/t10-/m1/s1. The fourth-order valence-electron chi connectivity index (χ4n) is 2.81. The Hall–Kier alpha value is -1.48. The maximum absolute atomic E-state index is 12.9. The molecule has 2 aromatic rings. The van der Waals surface area contributed by atoms with Gasteiger partial charge in [0.15, 0.2) is 0 Å². The molecule has 1 atom stereocenters. The van der Waals surface area contributed by atoms with E-state index in [0.717, 1.165) is 15.6 Å². The molecule has 0 radical (unpaired) electrons. The average Bonchev–Trinajstić information content (AvgIpc) is 3.01. The number of alkyl halides is 3. The maximum Gasteiger partial charge on any atom is 0.393 e. The Balaban J connectivity index is 1.64. The van der Waals surface area contributed by atoms with E-state index in [1.54, 1.807) is 15.9 Å². The van der Waals surface area contributed by atoms with Crippen LogP contribution in [0, 0.1) is 19.8 Å². The SMILES string of the molecule is Cc1nc(C)c(CNCc2nnc3n2C[C@H](C(F)(F)F)CC3)s1. The molecule has 0 aromatic carbocycles. The smallest absolute Gasteiger partial charge is 0.313 e. The van der Waals surface area contributed by atoms with Crippen molar-refractivity contribution >= 4 is 11.3 Å². The predicted molar refractivity (Wildman–Crippen MR) is 80.0 cm³/mol. The number of rotatable bonds is 4. The van der Waals surface area contributed by atoms with Crippen LogP contribution in [0.3, 0.4) is 0 Å². The Bertz CT molecular complexity index is 691. The van der Waals surface area contributed by atoms with E-state index >= 15 is 0 Å². The Morgan fingerprint density at radius 2 is 2.04 bits per heavy atom. The fourth-order valence-corrected chi connectivity index (χ4v) is 3.71. The second-order valence-electron chi connectivity index (χ2n) is 5.77. The number of hydrogen-bond acceptors (Lipinski definition) is 5. The second kappa shape index (κ2) is 6.20. The van der Waals surface area contributed by atoms with E-state index in [9.17, 15) is 13.2 Å². The van der Waals surface area contributed by atoms with Crippen molar-refractivity contribution in [1.82, 2.24) is 25.1 Å². The predicted octanol–water partition coefficient (Wildman–Crippen LogP) is 2.77. The molecule has 0 saturated carbocycles. The summed E-state index contributed by atoms with van der Waals surface area (Å²) >= 11 is 1.62. The molecular weight excluding hydrogens is 327 g/mol. The number of aryl methyl sites for hydroxylation is 3. The highest BCUT2D eigenvalue weighted by Crippen LogP contribution is 2.34. The van der Waals surface area contributed by atoms with Gasteiger partial charge in [0.2, 0.25) is 0 Å². The first-order chi connectivity index (χ1) is 10.8. The number of hydrogen-bond donors (Lipinski definition) is 1. The van der Waals surface area contributed by atoms with Gasteiger partial charge in [-0.3, -0.25) is 0 Å². The van der Waals surface area contributed by atoms with Crippen molar-refractivity contribution in [3.63, 3.8) is 0 Å². The summed E-state index contributed by atoms with van der Waals surface area (Å²) in [7, 11) is 0. The third kappa shape index (κ3) is 3.55. The van der Waals surface area contributed by atoms with Crippen LogP contribution in [0.4, 0.5) is 13.2 Å². The lowest BCUT2D eigenvalue weighted by atomic mass is 9.99. The summed E-state index contributed by atoms with van der Waals surface area (Å²) in [5, 5.41) is 12.3. The van der Waals surface area contributed by atoms with Crippen molar-refractivity contribution in [2.45, 2.75) is 52.5 Å². The van der Waals surface area contributed by atoms with Crippen LogP contribution in [0.25, 0.3) is 0 Å². The molecule has 23 heavy (non-hydrogen) atoms. The van der Waals surface area contributed by atoms with Crippen molar-refractivity contribution < 1.29 is 13.2 Å². The Morgan fingerprint density at radius 3 is 2.70 bits per heavy atom. The lowest BCUT2D eigenvalue weighted by Crippen LogP contribution is -2.33. The van der Waals surface area contributed by atoms with Crippen LogP contribution in [0.1, 0.15) is 33.6 Å². The third-order valence-corrected chi connectivity index (χ3v) is 5.13. The van der Waals surface area contributed by atoms with Gasteiger partial charge in [-0.2, -0.15) is 13.2 Å². The van der Waals surface area contributed by atoms with Crippen LogP contribution in [-0.2, 0) is 26.1 Å². The second-order valence-corrected chi connectivity index (χ2v) is 7.05. The van der Waals surface area contributed by atoms with Gasteiger partial charge in [-0.25, -0.2) is 4.98 Å². The molecule has 0 fully saturated rings. The summed E-state index contributed by atoms with van der Waals surface area (Å²) < 4.78 is 40.4. The first kappa shape index (κ1) is 16.4. The third-order valence-electron chi connectivity index (χ3n) is 4.05. The highest BCUT2D eigenvalue weighted by molar-refractivity contribution is 7.11. The van der Waals surface area contributed by atoms with Gasteiger partial charge < -0.3 is 9.88 Å². The highest BCUT2D eigenvalue weighted by Gasteiger charge is 2.42. The largest absolute Gasteiger partial charge is 0.393 e. The molecule has 9 heteroatoms. The van der Waals surface area contributed by atoms with Gasteiger partial charge in [-0.1, -0.05) is 0 Å².